The number of carbonyl (C=O) groups excluding carboxylic acids is 1. The van der Waals surface area contributed by atoms with Crippen LogP contribution < -0.4 is 14.8 Å². The quantitative estimate of drug-likeness (QED) is 0.693. The maximum atomic E-state index is 13.3. The molecule has 6 heteroatoms. The van der Waals surface area contributed by atoms with Gasteiger partial charge in [0.05, 0.1) is 10.6 Å². The summed E-state index contributed by atoms with van der Waals surface area (Å²) >= 11 is 6.40. The fourth-order valence-electron chi connectivity index (χ4n) is 3.64. The van der Waals surface area contributed by atoms with Gasteiger partial charge < -0.3 is 19.7 Å². The Labute approximate surface area is 167 Å². The minimum atomic E-state index is -0.380. The predicted octanol–water partition coefficient (Wildman–Crippen LogP) is 4.84. The Kier molecular flexibility index (Phi) is 4.10. The van der Waals surface area contributed by atoms with Gasteiger partial charge in [-0.2, -0.15) is 0 Å². The summed E-state index contributed by atoms with van der Waals surface area (Å²) in [5, 5.41) is 3.95. The second-order valence-corrected chi connectivity index (χ2v) is 7.15. The summed E-state index contributed by atoms with van der Waals surface area (Å²) in [5.41, 5.74) is 3.35. The van der Waals surface area contributed by atoms with Crippen LogP contribution in [-0.4, -0.2) is 17.6 Å². The highest BCUT2D eigenvalue weighted by Gasteiger charge is 2.34. The van der Waals surface area contributed by atoms with E-state index >= 15 is 0 Å². The average molecular weight is 393 g/mol. The van der Waals surface area contributed by atoms with E-state index in [-0.39, 0.29) is 18.9 Å². The lowest BCUT2D eigenvalue weighted by atomic mass is 10.0. The van der Waals surface area contributed by atoms with Crippen LogP contribution in [0.25, 0.3) is 0 Å². The lowest BCUT2D eigenvalue weighted by Crippen LogP contribution is -2.42. The fourth-order valence-corrected chi connectivity index (χ4v) is 3.92. The first-order chi connectivity index (χ1) is 13.7. The zero-order valence-corrected chi connectivity index (χ0v) is 15.6. The lowest BCUT2D eigenvalue weighted by Gasteiger charge is -2.38. The summed E-state index contributed by atoms with van der Waals surface area (Å²) in [6, 6.07) is 21.2. The molecule has 2 aliphatic rings. The molecule has 28 heavy (non-hydrogen) atoms. The molecule has 0 unspecified atom stereocenters. The third-order valence-corrected chi connectivity index (χ3v) is 5.26. The van der Waals surface area contributed by atoms with Crippen LogP contribution in [0, 0.1) is 0 Å². The van der Waals surface area contributed by atoms with E-state index in [1.807, 2.05) is 71.6 Å². The molecule has 2 aliphatic heterocycles. The number of anilines is 1. The minimum absolute atomic E-state index is 0.0306. The molecule has 1 amide bonds. The standard InChI is InChI=1S/C22H17ClN2O3/c23-17-10-15(11-19-20(17)28-13-27-19)21-24-18-9-5-4-8-16(18)22(26)25(21)12-14-6-2-1-3-7-14/h1-11,21,24H,12-13H2/t21-/m0/s1. The number of nitrogens with zero attached hydrogens (tertiary/aromatic N) is 1. The molecular weight excluding hydrogens is 376 g/mol. The Bertz CT molecular complexity index is 1050. The van der Waals surface area contributed by atoms with Gasteiger partial charge in [0.15, 0.2) is 11.5 Å². The van der Waals surface area contributed by atoms with Gasteiger partial charge in [0.25, 0.3) is 5.91 Å². The van der Waals surface area contributed by atoms with Crippen LogP contribution in [0.15, 0.2) is 66.7 Å². The fraction of sp³-hybridized carbons (Fsp3) is 0.136. The lowest BCUT2D eigenvalue weighted by molar-refractivity contribution is 0.0666. The van der Waals surface area contributed by atoms with Crippen molar-refractivity contribution in [3.63, 3.8) is 0 Å². The number of amides is 1. The van der Waals surface area contributed by atoms with Gasteiger partial charge in [0.2, 0.25) is 6.79 Å². The van der Waals surface area contributed by atoms with Crippen molar-refractivity contribution in [2.45, 2.75) is 12.7 Å². The van der Waals surface area contributed by atoms with Crippen molar-refractivity contribution in [1.29, 1.82) is 0 Å². The highest BCUT2D eigenvalue weighted by Crippen LogP contribution is 2.43. The molecule has 0 saturated carbocycles. The predicted molar refractivity (Wildman–Crippen MR) is 107 cm³/mol. The Hall–Kier alpha value is -3.18. The highest BCUT2D eigenvalue weighted by molar-refractivity contribution is 6.32. The van der Waals surface area contributed by atoms with Crippen LogP contribution in [0.1, 0.15) is 27.7 Å². The van der Waals surface area contributed by atoms with E-state index in [2.05, 4.69) is 5.32 Å². The van der Waals surface area contributed by atoms with Gasteiger partial charge in [0.1, 0.15) is 6.17 Å². The van der Waals surface area contributed by atoms with Crippen molar-refractivity contribution >= 4 is 23.2 Å². The van der Waals surface area contributed by atoms with E-state index in [4.69, 9.17) is 21.1 Å². The minimum Gasteiger partial charge on any atom is -0.454 e. The number of fused-ring (bicyclic) bond motifs is 2. The van der Waals surface area contributed by atoms with Gasteiger partial charge in [-0.1, -0.05) is 54.1 Å². The van der Waals surface area contributed by atoms with E-state index in [9.17, 15) is 4.79 Å². The number of hydrogen-bond donors (Lipinski definition) is 1. The van der Waals surface area contributed by atoms with E-state index in [0.29, 0.717) is 28.6 Å². The highest BCUT2D eigenvalue weighted by atomic mass is 35.5. The smallest absolute Gasteiger partial charge is 0.258 e. The average Bonchev–Trinajstić information content (AvgIpc) is 3.20. The molecule has 3 aromatic rings. The monoisotopic (exact) mass is 392 g/mol. The number of halogens is 1. The summed E-state index contributed by atoms with van der Waals surface area (Å²) in [7, 11) is 0. The Morgan fingerprint density at radius 3 is 2.68 bits per heavy atom. The maximum Gasteiger partial charge on any atom is 0.258 e. The van der Waals surface area contributed by atoms with Crippen LogP contribution in [0.3, 0.4) is 0 Å². The van der Waals surface area contributed by atoms with E-state index in [1.165, 1.54) is 0 Å². The third-order valence-electron chi connectivity index (χ3n) is 4.98. The molecule has 140 valence electrons. The van der Waals surface area contributed by atoms with Crippen molar-refractivity contribution < 1.29 is 14.3 Å². The summed E-state index contributed by atoms with van der Waals surface area (Å²) < 4.78 is 10.9. The third kappa shape index (κ3) is 2.84. The first kappa shape index (κ1) is 17.0. The molecule has 2 heterocycles. The van der Waals surface area contributed by atoms with E-state index in [1.54, 1.807) is 0 Å². The molecule has 0 aliphatic carbocycles. The molecule has 5 nitrogen and oxygen atoms in total. The molecular formula is C22H17ClN2O3. The number of benzene rings is 3. The molecule has 1 atom stereocenters. The second-order valence-electron chi connectivity index (χ2n) is 6.75. The first-order valence-corrected chi connectivity index (χ1v) is 9.38. The molecule has 0 fully saturated rings. The van der Waals surface area contributed by atoms with Gasteiger partial charge in [0, 0.05) is 17.8 Å². The number of para-hydroxylation sites is 1. The summed E-state index contributed by atoms with van der Waals surface area (Å²) in [5.74, 6) is 1.11. The van der Waals surface area contributed by atoms with Crippen molar-refractivity contribution in [1.82, 2.24) is 4.90 Å². The van der Waals surface area contributed by atoms with Gasteiger partial charge in [-0.05, 0) is 29.8 Å². The van der Waals surface area contributed by atoms with E-state index < -0.39 is 0 Å². The first-order valence-electron chi connectivity index (χ1n) is 9.00. The second kappa shape index (κ2) is 6.77. The molecule has 1 N–H and O–H groups in total. The zero-order valence-electron chi connectivity index (χ0n) is 14.9. The Balaban J connectivity index is 1.59. The molecule has 5 rings (SSSR count). The molecule has 0 saturated heterocycles. The number of rotatable bonds is 3. The normalized spacial score (nSPS) is 17.2. The molecule has 3 aromatic carbocycles. The van der Waals surface area contributed by atoms with Crippen molar-refractivity contribution in [2.24, 2.45) is 0 Å². The van der Waals surface area contributed by atoms with Gasteiger partial charge in [-0.25, -0.2) is 0 Å². The summed E-state index contributed by atoms with van der Waals surface area (Å²) in [6.45, 7) is 0.615. The summed E-state index contributed by atoms with van der Waals surface area (Å²) in [6.07, 6.45) is -0.380. The molecule has 0 radical (unpaired) electrons. The van der Waals surface area contributed by atoms with Gasteiger partial charge in [-0.3, -0.25) is 4.79 Å². The molecule has 0 spiro atoms. The summed E-state index contributed by atoms with van der Waals surface area (Å²) in [4.78, 5) is 15.1. The Morgan fingerprint density at radius 2 is 1.82 bits per heavy atom. The number of carbonyl (C=O) groups is 1. The van der Waals surface area contributed by atoms with Crippen LogP contribution in [0.5, 0.6) is 11.5 Å². The van der Waals surface area contributed by atoms with Crippen molar-refractivity contribution in [3.05, 3.63) is 88.4 Å². The number of ether oxygens (including phenoxy) is 2. The van der Waals surface area contributed by atoms with Crippen molar-refractivity contribution in [2.75, 3.05) is 12.1 Å². The van der Waals surface area contributed by atoms with Crippen LogP contribution in [0.4, 0.5) is 5.69 Å². The Morgan fingerprint density at radius 1 is 1.04 bits per heavy atom. The largest absolute Gasteiger partial charge is 0.454 e. The van der Waals surface area contributed by atoms with Crippen LogP contribution in [-0.2, 0) is 6.54 Å². The van der Waals surface area contributed by atoms with Crippen LogP contribution >= 0.6 is 11.6 Å². The zero-order chi connectivity index (χ0) is 19.1. The number of nitrogens with one attached hydrogen (secondary N) is 1. The van der Waals surface area contributed by atoms with E-state index in [0.717, 1.165) is 16.8 Å². The van der Waals surface area contributed by atoms with Crippen LogP contribution in [0.2, 0.25) is 5.02 Å². The van der Waals surface area contributed by atoms with Gasteiger partial charge in [-0.15, -0.1) is 0 Å². The van der Waals surface area contributed by atoms with Crippen molar-refractivity contribution in [3.8, 4) is 11.5 Å². The van der Waals surface area contributed by atoms with Gasteiger partial charge >= 0.3 is 0 Å². The topological polar surface area (TPSA) is 50.8 Å². The maximum absolute atomic E-state index is 13.3. The molecule has 0 aromatic heterocycles. The SMILES string of the molecule is O=C1c2ccccc2N[C@H](c2cc(Cl)c3c(c2)OCO3)N1Cc1ccccc1. The number of hydrogen-bond acceptors (Lipinski definition) is 4. The molecule has 0 bridgehead atoms.